The van der Waals surface area contributed by atoms with Gasteiger partial charge in [-0.15, -0.1) is 0 Å². The maximum absolute atomic E-state index is 10.1. The normalized spacial score (nSPS) is 23.2. The molecule has 1 fully saturated rings. The lowest BCUT2D eigenvalue weighted by molar-refractivity contribution is -0.137. The van der Waals surface area contributed by atoms with E-state index < -0.39 is 5.97 Å². The number of carboxylic acids is 1. The van der Waals surface area contributed by atoms with Gasteiger partial charge in [0.25, 0.3) is 0 Å². The van der Waals surface area contributed by atoms with Crippen molar-refractivity contribution in [2.75, 3.05) is 0 Å². The molecule has 0 heterocycles. The molecule has 1 N–H and O–H groups in total. The molecule has 0 aromatic rings. The Bertz CT molecular complexity index is 258. The molecule has 2 aliphatic carbocycles. The first kappa shape index (κ1) is 16.3. The molecule has 1 saturated carbocycles. The standard InChI is InChI=1S/C10H20O2.C7H10/c1-2-3-4-5-6-7-8-9-10(11)12;1-2-7-4-3-6(1)5-7/h2-9H2,1H3,(H,11,12);1-2,6-7H,3-5H2. The van der Waals surface area contributed by atoms with E-state index in [-0.39, 0.29) is 0 Å². The molecule has 0 aliphatic heterocycles. The topological polar surface area (TPSA) is 37.3 Å². The van der Waals surface area contributed by atoms with Gasteiger partial charge in [-0.3, -0.25) is 4.79 Å². The summed E-state index contributed by atoms with van der Waals surface area (Å²) in [7, 11) is 0. The van der Waals surface area contributed by atoms with E-state index in [1.807, 2.05) is 0 Å². The molecule has 2 heteroatoms. The fourth-order valence-electron chi connectivity index (χ4n) is 2.95. The maximum Gasteiger partial charge on any atom is 0.303 e. The Hall–Kier alpha value is -0.790. The summed E-state index contributed by atoms with van der Waals surface area (Å²) >= 11 is 0. The molecular formula is C17H30O2. The largest absolute Gasteiger partial charge is 0.481 e. The zero-order valence-electron chi connectivity index (χ0n) is 12.4. The third kappa shape index (κ3) is 8.07. The minimum absolute atomic E-state index is 0.341. The number of unbranched alkanes of at least 4 members (excludes halogenated alkanes) is 6. The average Bonchev–Trinajstić information content (AvgIpc) is 3.03. The van der Waals surface area contributed by atoms with Crippen LogP contribution in [0.25, 0.3) is 0 Å². The highest BCUT2D eigenvalue weighted by Gasteiger charge is 2.25. The van der Waals surface area contributed by atoms with Gasteiger partial charge in [-0.1, -0.05) is 57.6 Å². The predicted octanol–water partition coefficient (Wildman–Crippen LogP) is 5.18. The Morgan fingerprint density at radius 3 is 1.89 bits per heavy atom. The van der Waals surface area contributed by atoms with E-state index in [4.69, 9.17) is 5.11 Å². The lowest BCUT2D eigenvalue weighted by Gasteiger charge is -1.98. The Kier molecular flexibility index (Phi) is 8.61. The number of hydrogen-bond acceptors (Lipinski definition) is 1. The molecule has 0 aromatic heterocycles. The third-order valence-corrected chi connectivity index (χ3v) is 4.16. The molecule has 2 aliphatic rings. The van der Waals surface area contributed by atoms with Crippen molar-refractivity contribution in [2.45, 2.75) is 77.6 Å². The van der Waals surface area contributed by atoms with Gasteiger partial charge >= 0.3 is 5.97 Å². The molecular weight excluding hydrogens is 236 g/mol. The Morgan fingerprint density at radius 1 is 1.00 bits per heavy atom. The third-order valence-electron chi connectivity index (χ3n) is 4.16. The molecule has 0 amide bonds. The molecule has 0 saturated heterocycles. The van der Waals surface area contributed by atoms with Gasteiger partial charge in [0.15, 0.2) is 0 Å². The van der Waals surface area contributed by atoms with E-state index in [1.165, 1.54) is 51.4 Å². The summed E-state index contributed by atoms with van der Waals surface area (Å²) in [5, 5.41) is 8.35. The minimum atomic E-state index is -0.663. The molecule has 2 unspecified atom stereocenters. The number of allylic oxidation sites excluding steroid dienone is 2. The Morgan fingerprint density at radius 2 is 1.53 bits per heavy atom. The van der Waals surface area contributed by atoms with Crippen LogP contribution in [0.2, 0.25) is 0 Å². The summed E-state index contributed by atoms with van der Waals surface area (Å²) in [6.45, 7) is 2.20. The van der Waals surface area contributed by atoms with Crippen molar-refractivity contribution < 1.29 is 9.90 Å². The molecule has 2 nitrogen and oxygen atoms in total. The fourth-order valence-corrected chi connectivity index (χ4v) is 2.95. The zero-order chi connectivity index (χ0) is 13.9. The van der Waals surface area contributed by atoms with Crippen molar-refractivity contribution in [3.63, 3.8) is 0 Å². The number of rotatable bonds is 8. The molecule has 2 bridgehead atoms. The van der Waals surface area contributed by atoms with Crippen molar-refractivity contribution in [1.29, 1.82) is 0 Å². The van der Waals surface area contributed by atoms with Crippen molar-refractivity contribution in [3.8, 4) is 0 Å². The summed E-state index contributed by atoms with van der Waals surface area (Å²) in [6, 6.07) is 0. The SMILES string of the molecule is C1=CC2CCC1C2.CCCCCCCCCC(=O)O. The van der Waals surface area contributed by atoms with Gasteiger partial charge in [-0.2, -0.15) is 0 Å². The summed E-state index contributed by atoms with van der Waals surface area (Å²) in [5.41, 5.74) is 0. The van der Waals surface area contributed by atoms with Crippen molar-refractivity contribution in [3.05, 3.63) is 12.2 Å². The average molecular weight is 266 g/mol. The Labute approximate surface area is 118 Å². The number of carboxylic acid groups (broad SMARTS) is 1. The summed E-state index contributed by atoms with van der Waals surface area (Å²) in [6.07, 6.45) is 17.8. The number of fused-ring (bicyclic) bond motifs is 2. The van der Waals surface area contributed by atoms with Gasteiger partial charge in [0.2, 0.25) is 0 Å². The lowest BCUT2D eigenvalue weighted by atomic mass is 10.1. The molecule has 0 aromatic carbocycles. The number of aliphatic carboxylic acids is 1. The van der Waals surface area contributed by atoms with Crippen LogP contribution in [-0.4, -0.2) is 11.1 Å². The molecule has 0 radical (unpaired) electrons. The van der Waals surface area contributed by atoms with E-state index in [9.17, 15) is 4.79 Å². The zero-order valence-corrected chi connectivity index (χ0v) is 12.4. The second-order valence-electron chi connectivity index (χ2n) is 5.98. The first-order valence-electron chi connectivity index (χ1n) is 8.12. The predicted molar refractivity (Wildman–Crippen MR) is 80.2 cm³/mol. The van der Waals surface area contributed by atoms with Crippen LogP contribution in [-0.2, 0) is 4.79 Å². The van der Waals surface area contributed by atoms with E-state index in [0.29, 0.717) is 6.42 Å². The van der Waals surface area contributed by atoms with Gasteiger partial charge in [0.05, 0.1) is 0 Å². The number of hydrogen-bond donors (Lipinski definition) is 1. The van der Waals surface area contributed by atoms with Gasteiger partial charge in [0.1, 0.15) is 0 Å². The van der Waals surface area contributed by atoms with E-state index >= 15 is 0 Å². The van der Waals surface area contributed by atoms with Crippen molar-refractivity contribution in [1.82, 2.24) is 0 Å². The summed E-state index contributed by atoms with van der Waals surface area (Å²) < 4.78 is 0. The lowest BCUT2D eigenvalue weighted by Crippen LogP contribution is -1.93. The maximum atomic E-state index is 10.1. The van der Waals surface area contributed by atoms with E-state index in [2.05, 4.69) is 19.1 Å². The highest BCUT2D eigenvalue weighted by atomic mass is 16.4. The molecule has 19 heavy (non-hydrogen) atoms. The van der Waals surface area contributed by atoms with Crippen LogP contribution in [0, 0.1) is 11.8 Å². The van der Waals surface area contributed by atoms with Crippen molar-refractivity contribution >= 4 is 5.97 Å². The fraction of sp³-hybridized carbons (Fsp3) is 0.824. The van der Waals surface area contributed by atoms with Gasteiger partial charge in [-0.05, 0) is 37.5 Å². The smallest absolute Gasteiger partial charge is 0.303 e. The van der Waals surface area contributed by atoms with Crippen LogP contribution in [0.4, 0.5) is 0 Å². The first-order valence-corrected chi connectivity index (χ1v) is 8.12. The second kappa shape index (κ2) is 10.1. The van der Waals surface area contributed by atoms with Gasteiger partial charge in [-0.25, -0.2) is 0 Å². The minimum Gasteiger partial charge on any atom is -0.481 e. The van der Waals surface area contributed by atoms with Crippen LogP contribution < -0.4 is 0 Å². The van der Waals surface area contributed by atoms with Crippen LogP contribution >= 0.6 is 0 Å². The number of carbonyl (C=O) groups is 1. The first-order chi connectivity index (χ1) is 9.22. The molecule has 110 valence electrons. The molecule has 2 rings (SSSR count). The molecule has 0 spiro atoms. The van der Waals surface area contributed by atoms with Crippen LogP contribution in [0.5, 0.6) is 0 Å². The Balaban J connectivity index is 0.000000213. The summed E-state index contributed by atoms with van der Waals surface area (Å²) in [4.78, 5) is 10.1. The summed E-state index contributed by atoms with van der Waals surface area (Å²) in [5.74, 6) is 1.32. The van der Waals surface area contributed by atoms with E-state index in [1.54, 1.807) is 0 Å². The second-order valence-corrected chi connectivity index (χ2v) is 5.98. The van der Waals surface area contributed by atoms with Crippen LogP contribution in [0.15, 0.2) is 12.2 Å². The highest BCUT2D eigenvalue weighted by Crippen LogP contribution is 2.38. The quantitative estimate of drug-likeness (QED) is 0.485. The van der Waals surface area contributed by atoms with Gasteiger partial charge in [0, 0.05) is 6.42 Å². The molecule has 2 atom stereocenters. The van der Waals surface area contributed by atoms with Crippen molar-refractivity contribution in [2.24, 2.45) is 11.8 Å². The highest BCUT2D eigenvalue weighted by molar-refractivity contribution is 5.66. The van der Waals surface area contributed by atoms with Gasteiger partial charge < -0.3 is 5.11 Å². The van der Waals surface area contributed by atoms with Crippen LogP contribution in [0.1, 0.15) is 77.6 Å². The van der Waals surface area contributed by atoms with Crippen LogP contribution in [0.3, 0.4) is 0 Å². The monoisotopic (exact) mass is 266 g/mol. The van der Waals surface area contributed by atoms with E-state index in [0.717, 1.165) is 24.7 Å².